The van der Waals surface area contributed by atoms with Crippen LogP contribution >= 0.6 is 0 Å². The molecule has 0 bridgehead atoms. The van der Waals surface area contributed by atoms with Gasteiger partial charge in [-0.25, -0.2) is 0 Å². The molecular weight excluding hydrogens is 189 g/mol. The summed E-state index contributed by atoms with van der Waals surface area (Å²) in [5, 5.41) is 0. The summed E-state index contributed by atoms with van der Waals surface area (Å²) in [6.07, 6.45) is 0.00625. The Balaban J connectivity index is 2.86. The molecule has 1 heterocycles. The van der Waals surface area contributed by atoms with Gasteiger partial charge in [-0.15, -0.1) is 0 Å². The zero-order chi connectivity index (χ0) is 10.6. The summed E-state index contributed by atoms with van der Waals surface area (Å²) < 4.78 is 22.0. The van der Waals surface area contributed by atoms with Crippen LogP contribution in [0.25, 0.3) is 0 Å². The molecule has 0 amide bonds. The van der Waals surface area contributed by atoms with Crippen LogP contribution < -0.4 is 4.74 Å². The Morgan fingerprint density at radius 1 is 1.50 bits per heavy atom. The predicted molar refractivity (Wildman–Crippen MR) is 46.5 cm³/mol. The molecule has 0 fully saturated rings. The summed E-state index contributed by atoms with van der Waals surface area (Å²) in [5.74, 6) is -0.968. The van der Waals surface area contributed by atoms with Crippen LogP contribution in [-0.4, -0.2) is 25.2 Å². The summed E-state index contributed by atoms with van der Waals surface area (Å²) in [6, 6.07) is 2.65. The molecule has 0 aliphatic carbocycles. The molecule has 0 saturated carbocycles. The van der Waals surface area contributed by atoms with Crippen LogP contribution in [-0.2, 0) is 16.0 Å². The van der Waals surface area contributed by atoms with Gasteiger partial charge in [0.05, 0.1) is 20.6 Å². The van der Waals surface area contributed by atoms with Crippen molar-refractivity contribution in [2.24, 2.45) is 0 Å². The molecule has 1 aromatic rings. The molecule has 0 unspecified atom stereocenters. The van der Waals surface area contributed by atoms with Gasteiger partial charge in [0.25, 0.3) is 0 Å². The highest BCUT2D eigenvalue weighted by atomic mass is 19.1. The zero-order valence-electron chi connectivity index (χ0n) is 7.91. The van der Waals surface area contributed by atoms with Gasteiger partial charge in [0.15, 0.2) is 0 Å². The lowest BCUT2D eigenvalue weighted by Gasteiger charge is -2.02. The first-order valence-corrected chi connectivity index (χ1v) is 3.93. The van der Waals surface area contributed by atoms with E-state index in [1.54, 1.807) is 0 Å². The van der Waals surface area contributed by atoms with Crippen molar-refractivity contribution in [1.82, 2.24) is 4.98 Å². The average molecular weight is 199 g/mol. The number of nitrogens with zero attached hydrogens (tertiary/aromatic N) is 1. The van der Waals surface area contributed by atoms with Crippen LogP contribution in [0.5, 0.6) is 5.88 Å². The van der Waals surface area contributed by atoms with Gasteiger partial charge in [-0.1, -0.05) is 0 Å². The highest BCUT2D eigenvalue weighted by Gasteiger charge is 2.07. The SMILES string of the molecule is COC(=O)Cc1cc(F)nc(OC)c1. The first-order valence-electron chi connectivity index (χ1n) is 3.93. The van der Waals surface area contributed by atoms with Gasteiger partial charge in [0.2, 0.25) is 11.8 Å². The lowest BCUT2D eigenvalue weighted by molar-refractivity contribution is -0.139. The van der Waals surface area contributed by atoms with Crippen LogP contribution in [0.4, 0.5) is 4.39 Å². The number of hydrogen-bond donors (Lipinski definition) is 0. The van der Waals surface area contributed by atoms with Gasteiger partial charge in [0.1, 0.15) is 0 Å². The zero-order valence-corrected chi connectivity index (χ0v) is 7.91. The number of rotatable bonds is 3. The molecule has 0 saturated heterocycles. The van der Waals surface area contributed by atoms with Crippen LogP contribution in [0.1, 0.15) is 5.56 Å². The standard InChI is InChI=1S/C9H10FNO3/c1-13-8-4-6(3-7(10)11-8)5-9(12)14-2/h3-4H,5H2,1-2H3. The molecule has 76 valence electrons. The minimum absolute atomic E-state index is 0.00625. The highest BCUT2D eigenvalue weighted by Crippen LogP contribution is 2.12. The second kappa shape index (κ2) is 4.55. The lowest BCUT2D eigenvalue weighted by atomic mass is 10.2. The van der Waals surface area contributed by atoms with Gasteiger partial charge in [-0.3, -0.25) is 4.79 Å². The van der Waals surface area contributed by atoms with Crippen molar-refractivity contribution >= 4 is 5.97 Å². The van der Waals surface area contributed by atoms with Gasteiger partial charge < -0.3 is 9.47 Å². The minimum Gasteiger partial charge on any atom is -0.481 e. The quantitative estimate of drug-likeness (QED) is 0.537. The minimum atomic E-state index is -0.678. The molecule has 0 spiro atoms. The number of pyridine rings is 1. The molecule has 0 atom stereocenters. The van der Waals surface area contributed by atoms with E-state index < -0.39 is 11.9 Å². The molecule has 1 aromatic heterocycles. The summed E-state index contributed by atoms with van der Waals surface area (Å²) in [4.78, 5) is 14.3. The predicted octanol–water partition coefficient (Wildman–Crippen LogP) is 0.945. The van der Waals surface area contributed by atoms with Crippen molar-refractivity contribution in [1.29, 1.82) is 0 Å². The van der Waals surface area contributed by atoms with E-state index in [4.69, 9.17) is 4.74 Å². The van der Waals surface area contributed by atoms with Crippen molar-refractivity contribution in [2.45, 2.75) is 6.42 Å². The number of ether oxygens (including phenoxy) is 2. The largest absolute Gasteiger partial charge is 0.481 e. The van der Waals surface area contributed by atoms with E-state index in [2.05, 4.69) is 9.72 Å². The van der Waals surface area contributed by atoms with E-state index >= 15 is 0 Å². The number of halogens is 1. The Morgan fingerprint density at radius 3 is 2.79 bits per heavy atom. The fourth-order valence-electron chi connectivity index (χ4n) is 0.969. The number of aromatic nitrogens is 1. The number of esters is 1. The van der Waals surface area contributed by atoms with Crippen molar-refractivity contribution in [3.8, 4) is 5.88 Å². The summed E-state index contributed by atoms with van der Waals surface area (Å²) in [5.41, 5.74) is 0.473. The number of methoxy groups -OCH3 is 2. The third kappa shape index (κ3) is 2.69. The maximum absolute atomic E-state index is 12.8. The van der Waals surface area contributed by atoms with Crippen molar-refractivity contribution in [3.05, 3.63) is 23.6 Å². The Labute approximate surface area is 80.7 Å². The molecule has 0 N–H and O–H groups in total. The van der Waals surface area contributed by atoms with Crippen LogP contribution in [0.2, 0.25) is 0 Å². The second-order valence-corrected chi connectivity index (χ2v) is 2.59. The third-order valence-electron chi connectivity index (χ3n) is 1.62. The highest BCUT2D eigenvalue weighted by molar-refractivity contribution is 5.72. The number of hydrogen-bond acceptors (Lipinski definition) is 4. The van der Waals surface area contributed by atoms with E-state index in [0.29, 0.717) is 5.56 Å². The Hall–Kier alpha value is -1.65. The topological polar surface area (TPSA) is 48.4 Å². The normalized spacial score (nSPS) is 9.64. The first-order chi connectivity index (χ1) is 6.65. The number of carbonyl (C=O) groups is 1. The van der Waals surface area contributed by atoms with E-state index in [-0.39, 0.29) is 12.3 Å². The van der Waals surface area contributed by atoms with Gasteiger partial charge >= 0.3 is 5.97 Å². The van der Waals surface area contributed by atoms with Crippen molar-refractivity contribution in [2.75, 3.05) is 14.2 Å². The lowest BCUT2D eigenvalue weighted by Crippen LogP contribution is -2.05. The third-order valence-corrected chi connectivity index (χ3v) is 1.62. The van der Waals surface area contributed by atoms with E-state index in [9.17, 15) is 9.18 Å². The summed E-state index contributed by atoms with van der Waals surface area (Å²) in [6.45, 7) is 0. The van der Waals surface area contributed by atoms with E-state index in [0.717, 1.165) is 0 Å². The van der Waals surface area contributed by atoms with E-state index in [1.807, 2.05) is 0 Å². The molecule has 14 heavy (non-hydrogen) atoms. The maximum Gasteiger partial charge on any atom is 0.309 e. The van der Waals surface area contributed by atoms with Gasteiger partial charge in [-0.2, -0.15) is 9.37 Å². The monoisotopic (exact) mass is 199 g/mol. The van der Waals surface area contributed by atoms with Crippen LogP contribution in [0, 0.1) is 5.95 Å². The van der Waals surface area contributed by atoms with Crippen molar-refractivity contribution in [3.63, 3.8) is 0 Å². The molecule has 5 heteroatoms. The first kappa shape index (κ1) is 10.4. The Morgan fingerprint density at radius 2 is 2.21 bits per heavy atom. The Kier molecular flexibility index (Phi) is 3.39. The second-order valence-electron chi connectivity index (χ2n) is 2.59. The summed E-state index contributed by atoms with van der Waals surface area (Å²) in [7, 11) is 2.65. The average Bonchev–Trinajstić information content (AvgIpc) is 2.16. The fraction of sp³-hybridized carbons (Fsp3) is 0.333. The molecule has 4 nitrogen and oxygen atoms in total. The molecule has 0 aliphatic rings. The summed E-state index contributed by atoms with van der Waals surface area (Å²) >= 11 is 0. The van der Waals surface area contributed by atoms with Crippen molar-refractivity contribution < 1.29 is 18.7 Å². The smallest absolute Gasteiger partial charge is 0.309 e. The Bertz CT molecular complexity index is 341. The molecule has 0 aromatic carbocycles. The molecule has 0 radical (unpaired) electrons. The van der Waals surface area contributed by atoms with Gasteiger partial charge in [-0.05, 0) is 11.6 Å². The molecule has 0 aliphatic heterocycles. The number of carbonyl (C=O) groups excluding carboxylic acids is 1. The molecular formula is C9H10FNO3. The van der Waals surface area contributed by atoms with Crippen LogP contribution in [0.15, 0.2) is 12.1 Å². The molecule has 1 rings (SSSR count). The fourth-order valence-corrected chi connectivity index (χ4v) is 0.969. The van der Waals surface area contributed by atoms with Gasteiger partial charge in [0, 0.05) is 6.07 Å². The van der Waals surface area contributed by atoms with Crippen LogP contribution in [0.3, 0.4) is 0 Å². The van der Waals surface area contributed by atoms with E-state index in [1.165, 1.54) is 26.4 Å². The maximum atomic E-state index is 12.8.